The van der Waals surface area contributed by atoms with Crippen molar-refractivity contribution in [1.29, 1.82) is 0 Å². The van der Waals surface area contributed by atoms with Gasteiger partial charge in [0.2, 0.25) is 0 Å². The third kappa shape index (κ3) is 3.21. The van der Waals surface area contributed by atoms with Crippen molar-refractivity contribution in [2.75, 3.05) is 0 Å². The van der Waals surface area contributed by atoms with Gasteiger partial charge >= 0.3 is 0 Å². The Hall–Kier alpha value is -2.85. The highest BCUT2D eigenvalue weighted by atomic mass is 35.5. The first-order chi connectivity index (χ1) is 12.2. The second-order valence-electron chi connectivity index (χ2n) is 5.88. The number of rotatable bonds is 4. The predicted octanol–water partition coefficient (Wildman–Crippen LogP) is 4.96. The molecule has 0 saturated heterocycles. The average Bonchev–Trinajstić information content (AvgIpc) is 3.06. The summed E-state index contributed by atoms with van der Waals surface area (Å²) in [5.74, 6) is 0.693. The zero-order valence-electron chi connectivity index (χ0n) is 13.7. The number of hydrogen-bond acceptors (Lipinski definition) is 3. The standard InChI is InChI=1S/C20H16ClN3O/c1-14-6-11-20(17(21)12-14)25-13-15-7-9-16(10-8-15)24-19-5-3-2-4-18(19)22-23-24/h2-12H,13H2,1H3. The number of ether oxygens (including phenoxy) is 1. The van der Waals surface area contributed by atoms with Crippen molar-refractivity contribution in [2.45, 2.75) is 13.5 Å². The van der Waals surface area contributed by atoms with Gasteiger partial charge in [-0.2, -0.15) is 0 Å². The smallest absolute Gasteiger partial charge is 0.138 e. The highest BCUT2D eigenvalue weighted by molar-refractivity contribution is 6.32. The lowest BCUT2D eigenvalue weighted by Gasteiger charge is -2.09. The number of para-hydroxylation sites is 1. The maximum atomic E-state index is 6.20. The van der Waals surface area contributed by atoms with Gasteiger partial charge in [-0.05, 0) is 54.4 Å². The van der Waals surface area contributed by atoms with E-state index in [4.69, 9.17) is 16.3 Å². The van der Waals surface area contributed by atoms with Gasteiger partial charge in [-0.15, -0.1) is 5.10 Å². The van der Waals surface area contributed by atoms with Crippen LogP contribution >= 0.6 is 11.6 Å². The highest BCUT2D eigenvalue weighted by Gasteiger charge is 2.06. The van der Waals surface area contributed by atoms with E-state index in [1.54, 1.807) is 0 Å². The number of nitrogens with zero attached hydrogens (tertiary/aromatic N) is 3. The van der Waals surface area contributed by atoms with Crippen LogP contribution in [0.25, 0.3) is 16.7 Å². The topological polar surface area (TPSA) is 39.9 Å². The molecule has 4 aromatic rings. The zero-order chi connectivity index (χ0) is 17.2. The predicted molar refractivity (Wildman–Crippen MR) is 99.4 cm³/mol. The number of aromatic nitrogens is 3. The molecule has 0 atom stereocenters. The molecule has 5 heteroatoms. The Morgan fingerprint density at radius 1 is 1.00 bits per heavy atom. The van der Waals surface area contributed by atoms with Crippen molar-refractivity contribution in [3.63, 3.8) is 0 Å². The molecule has 0 N–H and O–H groups in total. The molecular formula is C20H16ClN3O. The number of benzene rings is 3. The van der Waals surface area contributed by atoms with E-state index in [0.29, 0.717) is 17.4 Å². The van der Waals surface area contributed by atoms with Crippen molar-refractivity contribution >= 4 is 22.6 Å². The first kappa shape index (κ1) is 15.7. The van der Waals surface area contributed by atoms with Gasteiger partial charge < -0.3 is 4.74 Å². The number of halogens is 1. The SMILES string of the molecule is Cc1ccc(OCc2ccc(-n3nnc4ccccc43)cc2)c(Cl)c1. The fraction of sp³-hybridized carbons (Fsp3) is 0.100. The van der Waals surface area contributed by atoms with Crippen molar-refractivity contribution < 1.29 is 4.74 Å². The molecule has 1 heterocycles. The number of aryl methyl sites for hydroxylation is 1. The Kier molecular flexibility index (Phi) is 4.12. The van der Waals surface area contributed by atoms with E-state index in [1.165, 1.54) is 0 Å². The van der Waals surface area contributed by atoms with Crippen molar-refractivity contribution in [1.82, 2.24) is 15.0 Å². The summed E-state index contributed by atoms with van der Waals surface area (Å²) in [7, 11) is 0. The summed E-state index contributed by atoms with van der Waals surface area (Å²) in [5, 5.41) is 9.04. The monoisotopic (exact) mass is 349 g/mol. The van der Waals surface area contributed by atoms with E-state index in [1.807, 2.05) is 78.3 Å². The minimum atomic E-state index is 0.459. The van der Waals surface area contributed by atoms with Crippen LogP contribution < -0.4 is 4.74 Å². The summed E-state index contributed by atoms with van der Waals surface area (Å²) in [6.07, 6.45) is 0. The Morgan fingerprint density at radius 2 is 1.80 bits per heavy atom. The van der Waals surface area contributed by atoms with Crippen LogP contribution in [-0.4, -0.2) is 15.0 Å². The van der Waals surface area contributed by atoms with Crippen molar-refractivity contribution in [3.05, 3.63) is 82.9 Å². The molecule has 4 nitrogen and oxygen atoms in total. The number of hydrogen-bond donors (Lipinski definition) is 0. The first-order valence-corrected chi connectivity index (χ1v) is 8.37. The maximum Gasteiger partial charge on any atom is 0.138 e. The summed E-state index contributed by atoms with van der Waals surface area (Å²) >= 11 is 6.20. The Morgan fingerprint density at radius 3 is 2.60 bits per heavy atom. The summed E-state index contributed by atoms with van der Waals surface area (Å²) in [4.78, 5) is 0. The Labute approximate surface area is 150 Å². The van der Waals surface area contributed by atoms with Crippen LogP contribution in [0.2, 0.25) is 5.02 Å². The van der Waals surface area contributed by atoms with Crippen LogP contribution in [0, 0.1) is 6.92 Å². The Bertz CT molecular complexity index is 1020. The van der Waals surface area contributed by atoms with E-state index in [-0.39, 0.29) is 0 Å². The molecule has 0 unspecified atom stereocenters. The first-order valence-electron chi connectivity index (χ1n) is 7.99. The lowest BCUT2D eigenvalue weighted by Crippen LogP contribution is -1.99. The van der Waals surface area contributed by atoms with Gasteiger partial charge in [0.05, 0.1) is 16.2 Å². The molecule has 0 fully saturated rings. The molecule has 0 radical (unpaired) electrons. The lowest BCUT2D eigenvalue weighted by atomic mass is 10.2. The molecule has 25 heavy (non-hydrogen) atoms. The van der Waals surface area contributed by atoms with E-state index in [9.17, 15) is 0 Å². The second-order valence-corrected chi connectivity index (χ2v) is 6.29. The van der Waals surface area contributed by atoms with E-state index < -0.39 is 0 Å². The molecule has 0 spiro atoms. The van der Waals surface area contributed by atoms with Gasteiger partial charge in [-0.3, -0.25) is 0 Å². The van der Waals surface area contributed by atoms with Crippen LogP contribution in [0.1, 0.15) is 11.1 Å². The molecule has 1 aromatic heterocycles. The molecule has 0 saturated carbocycles. The molecule has 4 rings (SSSR count). The molecule has 0 bridgehead atoms. The summed E-state index contributed by atoms with van der Waals surface area (Å²) in [6, 6.07) is 21.7. The molecule has 0 aliphatic rings. The average molecular weight is 350 g/mol. The summed E-state index contributed by atoms with van der Waals surface area (Å²) in [5.41, 5.74) is 5.00. The van der Waals surface area contributed by atoms with Crippen LogP contribution in [0.5, 0.6) is 5.75 Å². The van der Waals surface area contributed by atoms with Gasteiger partial charge in [0, 0.05) is 0 Å². The minimum Gasteiger partial charge on any atom is -0.487 e. The van der Waals surface area contributed by atoms with Crippen molar-refractivity contribution in [3.8, 4) is 11.4 Å². The molecule has 0 amide bonds. The highest BCUT2D eigenvalue weighted by Crippen LogP contribution is 2.26. The largest absolute Gasteiger partial charge is 0.487 e. The van der Waals surface area contributed by atoms with Gasteiger partial charge in [0.25, 0.3) is 0 Å². The van der Waals surface area contributed by atoms with E-state index >= 15 is 0 Å². The normalized spacial score (nSPS) is 11.0. The van der Waals surface area contributed by atoms with Gasteiger partial charge in [0.1, 0.15) is 17.9 Å². The third-order valence-corrected chi connectivity index (χ3v) is 4.31. The lowest BCUT2D eigenvalue weighted by molar-refractivity contribution is 0.306. The molecule has 0 aliphatic heterocycles. The number of fused-ring (bicyclic) bond motifs is 1. The van der Waals surface area contributed by atoms with Crippen molar-refractivity contribution in [2.24, 2.45) is 0 Å². The quantitative estimate of drug-likeness (QED) is 0.522. The van der Waals surface area contributed by atoms with Crippen LogP contribution in [0.3, 0.4) is 0 Å². The fourth-order valence-corrected chi connectivity index (χ4v) is 2.97. The maximum absolute atomic E-state index is 6.20. The third-order valence-electron chi connectivity index (χ3n) is 4.01. The summed E-state index contributed by atoms with van der Waals surface area (Å²) in [6.45, 7) is 2.46. The van der Waals surface area contributed by atoms with Crippen LogP contribution in [0.4, 0.5) is 0 Å². The van der Waals surface area contributed by atoms with Crippen LogP contribution in [-0.2, 0) is 6.61 Å². The fourth-order valence-electron chi connectivity index (χ4n) is 2.68. The molecule has 0 aliphatic carbocycles. The van der Waals surface area contributed by atoms with E-state index in [2.05, 4.69) is 10.3 Å². The second kappa shape index (κ2) is 6.57. The minimum absolute atomic E-state index is 0.459. The van der Waals surface area contributed by atoms with Gasteiger partial charge in [-0.25, -0.2) is 4.68 Å². The molecule has 124 valence electrons. The molecule has 3 aromatic carbocycles. The zero-order valence-corrected chi connectivity index (χ0v) is 14.4. The van der Waals surface area contributed by atoms with Gasteiger partial charge in [-0.1, -0.05) is 47.1 Å². The van der Waals surface area contributed by atoms with Crippen LogP contribution in [0.15, 0.2) is 66.7 Å². The molecular weight excluding hydrogens is 334 g/mol. The van der Waals surface area contributed by atoms with E-state index in [0.717, 1.165) is 27.8 Å². The Balaban J connectivity index is 1.52. The summed E-state index contributed by atoms with van der Waals surface area (Å²) < 4.78 is 7.64. The van der Waals surface area contributed by atoms with Gasteiger partial charge in [0.15, 0.2) is 0 Å².